The van der Waals surface area contributed by atoms with Gasteiger partial charge in [-0.05, 0) is 48.4 Å². The molecule has 4 aromatic rings. The number of fused-ring (bicyclic) bond motifs is 2. The standard InChI is InChI=1S/C30H25IN2O2/c1-2-8-24(31)19-15-17-21(18-16-19)33-26-14-7-12-23-28(26)30(35)22-11-6-13-25(27(22)29(23)34)32-20-9-4-3-5-10-20/h3-7,9-18,24,32-33H,2,8H2,1H3. The number of hydrogen-bond donors (Lipinski definition) is 2. The van der Waals surface area contributed by atoms with Gasteiger partial charge in [-0.3, -0.25) is 9.59 Å². The van der Waals surface area contributed by atoms with Crippen LogP contribution in [0.3, 0.4) is 0 Å². The van der Waals surface area contributed by atoms with Gasteiger partial charge in [-0.1, -0.05) is 90.5 Å². The van der Waals surface area contributed by atoms with Crippen LogP contribution in [0.4, 0.5) is 22.7 Å². The molecule has 174 valence electrons. The molecule has 0 saturated carbocycles. The summed E-state index contributed by atoms with van der Waals surface area (Å²) in [6.07, 6.45) is 2.28. The van der Waals surface area contributed by atoms with E-state index in [0.29, 0.717) is 37.6 Å². The molecule has 0 radical (unpaired) electrons. The number of hydrogen-bond acceptors (Lipinski definition) is 4. The Labute approximate surface area is 218 Å². The topological polar surface area (TPSA) is 58.2 Å². The van der Waals surface area contributed by atoms with E-state index in [2.05, 4.69) is 52.3 Å². The van der Waals surface area contributed by atoms with E-state index in [9.17, 15) is 9.59 Å². The summed E-state index contributed by atoms with van der Waals surface area (Å²) in [5.41, 5.74) is 5.97. The molecule has 4 aromatic carbocycles. The van der Waals surface area contributed by atoms with Crippen LogP contribution in [-0.2, 0) is 0 Å². The fraction of sp³-hybridized carbons (Fsp3) is 0.133. The van der Waals surface area contributed by atoms with Crippen molar-refractivity contribution in [2.24, 2.45) is 0 Å². The minimum absolute atomic E-state index is 0.152. The first kappa shape index (κ1) is 23.3. The molecule has 0 amide bonds. The lowest BCUT2D eigenvalue weighted by Gasteiger charge is -2.23. The number of carbonyl (C=O) groups is 2. The minimum Gasteiger partial charge on any atom is -0.355 e. The molecule has 35 heavy (non-hydrogen) atoms. The average Bonchev–Trinajstić information content (AvgIpc) is 2.88. The Bertz CT molecular complexity index is 1400. The molecule has 4 nitrogen and oxygen atoms in total. The first-order chi connectivity index (χ1) is 17.1. The molecule has 1 aliphatic carbocycles. The number of alkyl halides is 1. The molecule has 1 atom stereocenters. The van der Waals surface area contributed by atoms with E-state index in [1.165, 1.54) is 5.56 Å². The maximum atomic E-state index is 13.7. The van der Waals surface area contributed by atoms with Gasteiger partial charge >= 0.3 is 0 Å². The van der Waals surface area contributed by atoms with E-state index >= 15 is 0 Å². The summed E-state index contributed by atoms with van der Waals surface area (Å²) >= 11 is 2.48. The van der Waals surface area contributed by atoms with Crippen LogP contribution in [0.5, 0.6) is 0 Å². The Morgan fingerprint density at radius 2 is 1.17 bits per heavy atom. The van der Waals surface area contributed by atoms with Crippen LogP contribution in [0.1, 0.15) is 61.1 Å². The summed E-state index contributed by atoms with van der Waals surface area (Å²) in [6, 6.07) is 28.7. The Balaban J connectivity index is 1.48. The van der Waals surface area contributed by atoms with E-state index in [0.717, 1.165) is 24.2 Å². The van der Waals surface area contributed by atoms with Crippen molar-refractivity contribution in [1.82, 2.24) is 0 Å². The van der Waals surface area contributed by atoms with Gasteiger partial charge < -0.3 is 10.6 Å². The Kier molecular flexibility index (Phi) is 6.68. The highest BCUT2D eigenvalue weighted by atomic mass is 127. The van der Waals surface area contributed by atoms with Crippen LogP contribution in [0.15, 0.2) is 91.0 Å². The zero-order valence-corrected chi connectivity index (χ0v) is 21.5. The summed E-state index contributed by atoms with van der Waals surface area (Å²) in [5, 5.41) is 6.68. The highest BCUT2D eigenvalue weighted by Crippen LogP contribution is 2.37. The third kappa shape index (κ3) is 4.60. The van der Waals surface area contributed by atoms with Gasteiger partial charge in [0.15, 0.2) is 11.6 Å². The van der Waals surface area contributed by atoms with Crippen molar-refractivity contribution in [3.05, 3.63) is 119 Å². The maximum absolute atomic E-state index is 13.7. The largest absolute Gasteiger partial charge is 0.355 e. The van der Waals surface area contributed by atoms with E-state index in [1.54, 1.807) is 12.1 Å². The molecule has 0 spiro atoms. The predicted octanol–water partition coefficient (Wildman–Crippen LogP) is 8.23. The first-order valence-electron chi connectivity index (χ1n) is 11.8. The van der Waals surface area contributed by atoms with Gasteiger partial charge in [0.05, 0.1) is 22.5 Å². The summed E-state index contributed by atoms with van der Waals surface area (Å²) in [5.74, 6) is -0.304. The Morgan fingerprint density at radius 1 is 0.657 bits per heavy atom. The molecule has 0 bridgehead atoms. The molecule has 2 N–H and O–H groups in total. The zero-order chi connectivity index (χ0) is 24.4. The highest BCUT2D eigenvalue weighted by molar-refractivity contribution is 14.1. The van der Waals surface area contributed by atoms with Crippen molar-refractivity contribution in [2.45, 2.75) is 23.7 Å². The van der Waals surface area contributed by atoms with E-state index in [-0.39, 0.29) is 11.6 Å². The second-order valence-electron chi connectivity index (χ2n) is 8.61. The number of anilines is 4. The lowest BCUT2D eigenvalue weighted by atomic mass is 9.82. The zero-order valence-electron chi connectivity index (χ0n) is 19.3. The van der Waals surface area contributed by atoms with Crippen LogP contribution in [0.2, 0.25) is 0 Å². The summed E-state index contributed by atoms with van der Waals surface area (Å²) < 4.78 is 0.477. The van der Waals surface area contributed by atoms with Crippen molar-refractivity contribution in [1.29, 1.82) is 0 Å². The number of benzene rings is 4. The van der Waals surface area contributed by atoms with Gasteiger partial charge in [-0.2, -0.15) is 0 Å². The molecule has 0 fully saturated rings. The van der Waals surface area contributed by atoms with Crippen LogP contribution in [-0.4, -0.2) is 11.6 Å². The second kappa shape index (κ2) is 10.0. The Morgan fingerprint density at radius 3 is 1.69 bits per heavy atom. The van der Waals surface area contributed by atoms with E-state index in [1.807, 2.05) is 66.7 Å². The van der Waals surface area contributed by atoms with Crippen molar-refractivity contribution in [2.75, 3.05) is 10.6 Å². The SMILES string of the molecule is CCCC(I)c1ccc(Nc2cccc3c2C(=O)c2cccc(Nc4ccccc4)c2C3=O)cc1. The number of carbonyl (C=O) groups excluding carboxylic acids is 2. The predicted molar refractivity (Wildman–Crippen MR) is 151 cm³/mol. The van der Waals surface area contributed by atoms with Crippen molar-refractivity contribution in [3.63, 3.8) is 0 Å². The Hall–Kier alpha value is -3.45. The number of halogens is 1. The van der Waals surface area contributed by atoms with Gasteiger partial charge in [-0.25, -0.2) is 0 Å². The number of nitrogens with one attached hydrogen (secondary N) is 2. The number of para-hydroxylation sites is 1. The number of ketones is 2. The van der Waals surface area contributed by atoms with Gasteiger partial charge in [0.1, 0.15) is 0 Å². The normalized spacial score (nSPS) is 13.1. The first-order valence-corrected chi connectivity index (χ1v) is 13.0. The summed E-state index contributed by atoms with van der Waals surface area (Å²) in [4.78, 5) is 27.3. The second-order valence-corrected chi connectivity index (χ2v) is 10.1. The van der Waals surface area contributed by atoms with Gasteiger partial charge in [0.25, 0.3) is 0 Å². The minimum atomic E-state index is -0.153. The molecule has 0 aromatic heterocycles. The molecular weight excluding hydrogens is 547 g/mol. The monoisotopic (exact) mass is 572 g/mol. The van der Waals surface area contributed by atoms with Crippen molar-refractivity contribution < 1.29 is 9.59 Å². The molecular formula is C30H25IN2O2. The van der Waals surface area contributed by atoms with Gasteiger partial charge in [0.2, 0.25) is 0 Å². The third-order valence-corrected chi connectivity index (χ3v) is 7.56. The summed E-state index contributed by atoms with van der Waals surface area (Å²) in [6.45, 7) is 2.19. The lowest BCUT2D eigenvalue weighted by Crippen LogP contribution is -2.23. The molecule has 0 aliphatic heterocycles. The van der Waals surface area contributed by atoms with Gasteiger partial charge in [0, 0.05) is 26.4 Å². The molecule has 5 rings (SSSR count). The molecule has 1 aliphatic rings. The molecule has 5 heteroatoms. The quantitative estimate of drug-likeness (QED) is 0.152. The molecule has 0 saturated heterocycles. The molecule has 0 heterocycles. The fourth-order valence-corrected chi connectivity index (χ4v) is 5.52. The average molecular weight is 572 g/mol. The van der Waals surface area contributed by atoms with Crippen molar-refractivity contribution >= 4 is 56.9 Å². The van der Waals surface area contributed by atoms with Crippen molar-refractivity contribution in [3.8, 4) is 0 Å². The van der Waals surface area contributed by atoms with Crippen LogP contribution >= 0.6 is 22.6 Å². The third-order valence-electron chi connectivity index (χ3n) is 6.22. The smallest absolute Gasteiger partial charge is 0.196 e. The fourth-order valence-electron chi connectivity index (χ4n) is 4.48. The highest BCUT2D eigenvalue weighted by Gasteiger charge is 2.33. The van der Waals surface area contributed by atoms with Gasteiger partial charge in [-0.15, -0.1) is 0 Å². The maximum Gasteiger partial charge on any atom is 0.196 e. The van der Waals surface area contributed by atoms with E-state index in [4.69, 9.17) is 0 Å². The summed E-state index contributed by atoms with van der Waals surface area (Å²) in [7, 11) is 0. The van der Waals surface area contributed by atoms with Crippen LogP contribution < -0.4 is 10.6 Å². The lowest BCUT2D eigenvalue weighted by molar-refractivity contribution is 0.0980. The van der Waals surface area contributed by atoms with Crippen LogP contribution in [0, 0.1) is 0 Å². The van der Waals surface area contributed by atoms with Crippen LogP contribution in [0.25, 0.3) is 0 Å². The molecule has 1 unspecified atom stereocenters. The number of rotatable bonds is 7. The van der Waals surface area contributed by atoms with E-state index < -0.39 is 0 Å².